The van der Waals surface area contributed by atoms with Gasteiger partial charge in [-0.25, -0.2) is 9.59 Å². The van der Waals surface area contributed by atoms with Crippen LogP contribution in [0.3, 0.4) is 0 Å². The van der Waals surface area contributed by atoms with Gasteiger partial charge in [0.1, 0.15) is 6.54 Å². The molecule has 3 N–H and O–H groups in total. The number of carbonyl (C=O) groups excluding carboxylic acids is 2. The Hall–Kier alpha value is -3.55. The second-order valence-corrected chi connectivity index (χ2v) is 5.93. The van der Waals surface area contributed by atoms with Crippen LogP contribution >= 0.6 is 0 Å². The van der Waals surface area contributed by atoms with Crippen molar-refractivity contribution in [2.45, 2.75) is 20.0 Å². The fraction of sp³-hybridized carbons (Fsp3) is 0.211. The van der Waals surface area contributed by atoms with Gasteiger partial charge in [-0.1, -0.05) is 18.2 Å². The number of anilines is 2. The van der Waals surface area contributed by atoms with Crippen molar-refractivity contribution in [3.05, 3.63) is 59.0 Å². The van der Waals surface area contributed by atoms with Gasteiger partial charge in [0.15, 0.2) is 0 Å². The Bertz CT molecular complexity index is 1050. The topological polar surface area (TPSA) is 97.2 Å². The van der Waals surface area contributed by atoms with Gasteiger partial charge in [0.2, 0.25) is 5.91 Å². The van der Waals surface area contributed by atoms with Gasteiger partial charge in [-0.15, -0.1) is 0 Å². The van der Waals surface area contributed by atoms with Crippen LogP contribution in [0.2, 0.25) is 0 Å². The van der Waals surface area contributed by atoms with E-state index in [-0.39, 0.29) is 24.2 Å². The minimum Gasteiger partial charge on any atom is -0.341 e. The summed E-state index contributed by atoms with van der Waals surface area (Å²) in [5.74, 6) is -0.326. The molecule has 0 fully saturated rings. The summed E-state index contributed by atoms with van der Waals surface area (Å²) in [6.45, 7) is 2.32. The zero-order valence-electron chi connectivity index (χ0n) is 15.2. The number of aryl methyl sites for hydroxylation is 1. The molecular weight excluding hydrogens is 346 g/mol. The summed E-state index contributed by atoms with van der Waals surface area (Å²) in [6.07, 6.45) is 0. The van der Waals surface area contributed by atoms with Crippen LogP contribution < -0.4 is 21.6 Å². The zero-order chi connectivity index (χ0) is 19.4. The molecule has 1 heterocycles. The van der Waals surface area contributed by atoms with Crippen LogP contribution in [0, 0.1) is 0 Å². The molecule has 0 bridgehead atoms. The average Bonchev–Trinajstić information content (AvgIpc) is 2.93. The molecule has 0 saturated heterocycles. The molecule has 0 spiro atoms. The van der Waals surface area contributed by atoms with Gasteiger partial charge in [0.25, 0.3) is 0 Å². The number of rotatable bonds is 5. The SMILES string of the molecule is CCn1c(=O)n(CC(=O)Nc2cccc(NC(=O)NC)c2)c2ccccc21. The molecule has 140 valence electrons. The van der Waals surface area contributed by atoms with Crippen LogP contribution in [0.25, 0.3) is 11.0 Å². The summed E-state index contributed by atoms with van der Waals surface area (Å²) in [6, 6.07) is 13.8. The van der Waals surface area contributed by atoms with Gasteiger partial charge < -0.3 is 16.0 Å². The van der Waals surface area contributed by atoms with Crippen molar-refractivity contribution in [1.82, 2.24) is 14.5 Å². The van der Waals surface area contributed by atoms with Crippen LogP contribution in [0.4, 0.5) is 16.2 Å². The third-order valence-electron chi connectivity index (χ3n) is 4.17. The first-order valence-electron chi connectivity index (χ1n) is 8.60. The third-order valence-corrected chi connectivity index (χ3v) is 4.17. The predicted molar refractivity (Wildman–Crippen MR) is 105 cm³/mol. The number of imidazole rings is 1. The second kappa shape index (κ2) is 7.77. The molecule has 0 aliphatic carbocycles. The lowest BCUT2D eigenvalue weighted by Gasteiger charge is -2.09. The first-order valence-corrected chi connectivity index (χ1v) is 8.60. The maximum atomic E-state index is 12.6. The minimum absolute atomic E-state index is 0.0978. The number of urea groups is 1. The molecule has 0 atom stereocenters. The number of hydrogen-bond acceptors (Lipinski definition) is 3. The number of nitrogens with one attached hydrogen (secondary N) is 3. The average molecular weight is 367 g/mol. The Kier molecular flexibility index (Phi) is 5.25. The smallest absolute Gasteiger partial charge is 0.329 e. The van der Waals surface area contributed by atoms with E-state index < -0.39 is 0 Å². The third kappa shape index (κ3) is 3.84. The van der Waals surface area contributed by atoms with Crippen molar-refractivity contribution >= 4 is 34.3 Å². The summed E-state index contributed by atoms with van der Waals surface area (Å²) < 4.78 is 3.09. The summed E-state index contributed by atoms with van der Waals surface area (Å²) in [5.41, 5.74) is 2.38. The lowest BCUT2D eigenvalue weighted by Crippen LogP contribution is -2.29. The fourth-order valence-electron chi connectivity index (χ4n) is 2.94. The number of para-hydroxylation sites is 2. The number of fused-ring (bicyclic) bond motifs is 1. The molecule has 8 nitrogen and oxygen atoms in total. The molecule has 3 aromatic rings. The number of benzene rings is 2. The molecule has 27 heavy (non-hydrogen) atoms. The highest BCUT2D eigenvalue weighted by atomic mass is 16.2. The van der Waals surface area contributed by atoms with E-state index in [1.54, 1.807) is 28.8 Å². The molecule has 3 amide bonds. The van der Waals surface area contributed by atoms with Crippen LogP contribution in [-0.2, 0) is 17.9 Å². The molecular formula is C19H21N5O3. The number of carbonyl (C=O) groups is 2. The molecule has 8 heteroatoms. The van der Waals surface area contributed by atoms with Crippen LogP contribution in [-0.4, -0.2) is 28.1 Å². The number of nitrogens with zero attached hydrogens (tertiary/aromatic N) is 2. The Morgan fingerprint density at radius 3 is 2.19 bits per heavy atom. The Morgan fingerprint density at radius 2 is 1.56 bits per heavy atom. The van der Waals surface area contributed by atoms with Gasteiger partial charge in [-0.3, -0.25) is 13.9 Å². The highest BCUT2D eigenvalue weighted by Crippen LogP contribution is 2.16. The lowest BCUT2D eigenvalue weighted by atomic mass is 10.2. The van der Waals surface area contributed by atoms with E-state index >= 15 is 0 Å². The van der Waals surface area contributed by atoms with E-state index in [0.29, 0.717) is 17.9 Å². The summed E-state index contributed by atoms with van der Waals surface area (Å²) >= 11 is 0. The van der Waals surface area contributed by atoms with E-state index in [1.165, 1.54) is 11.6 Å². The normalized spacial score (nSPS) is 10.6. The van der Waals surface area contributed by atoms with Crippen molar-refractivity contribution in [2.24, 2.45) is 0 Å². The molecule has 2 aromatic carbocycles. The van der Waals surface area contributed by atoms with Crippen LogP contribution in [0.1, 0.15) is 6.92 Å². The molecule has 3 rings (SSSR count). The molecule has 0 aliphatic rings. The highest BCUT2D eigenvalue weighted by molar-refractivity contribution is 5.94. The minimum atomic E-state index is -0.350. The van der Waals surface area contributed by atoms with Crippen molar-refractivity contribution in [3.8, 4) is 0 Å². The molecule has 0 aliphatic heterocycles. The first-order chi connectivity index (χ1) is 13.0. The second-order valence-electron chi connectivity index (χ2n) is 5.93. The molecule has 0 saturated carbocycles. The summed E-state index contributed by atoms with van der Waals surface area (Å²) in [7, 11) is 1.52. The van der Waals surface area contributed by atoms with Crippen molar-refractivity contribution in [2.75, 3.05) is 17.7 Å². The quantitative estimate of drug-likeness (QED) is 0.645. The van der Waals surface area contributed by atoms with Crippen molar-refractivity contribution < 1.29 is 9.59 Å². The number of aromatic nitrogens is 2. The Morgan fingerprint density at radius 1 is 0.926 bits per heavy atom. The first kappa shape index (κ1) is 18.2. The van der Waals surface area contributed by atoms with Gasteiger partial charge in [0, 0.05) is 25.0 Å². The lowest BCUT2D eigenvalue weighted by molar-refractivity contribution is -0.116. The standard InChI is InChI=1S/C19H21N5O3/c1-3-23-15-9-4-5-10-16(15)24(19(23)27)12-17(25)21-13-7-6-8-14(11-13)22-18(26)20-2/h4-11H,3,12H2,1-2H3,(H,21,25)(H2,20,22,26). The maximum absolute atomic E-state index is 12.6. The van der Waals surface area contributed by atoms with E-state index in [2.05, 4.69) is 16.0 Å². The zero-order valence-corrected chi connectivity index (χ0v) is 15.2. The highest BCUT2D eigenvalue weighted by Gasteiger charge is 2.14. The maximum Gasteiger partial charge on any atom is 0.329 e. The predicted octanol–water partition coefficient (Wildman–Crippen LogP) is 2.21. The largest absolute Gasteiger partial charge is 0.341 e. The van der Waals surface area contributed by atoms with E-state index in [0.717, 1.165) is 11.0 Å². The number of amides is 3. The number of hydrogen-bond donors (Lipinski definition) is 3. The van der Waals surface area contributed by atoms with E-state index in [9.17, 15) is 14.4 Å². The Labute approximate surface area is 155 Å². The van der Waals surface area contributed by atoms with Crippen LogP contribution in [0.15, 0.2) is 53.3 Å². The van der Waals surface area contributed by atoms with Gasteiger partial charge in [-0.2, -0.15) is 0 Å². The van der Waals surface area contributed by atoms with E-state index in [4.69, 9.17) is 0 Å². The Balaban J connectivity index is 1.80. The molecule has 1 aromatic heterocycles. The molecule has 0 unspecified atom stereocenters. The van der Waals surface area contributed by atoms with Crippen LogP contribution in [0.5, 0.6) is 0 Å². The van der Waals surface area contributed by atoms with Gasteiger partial charge in [0.05, 0.1) is 11.0 Å². The van der Waals surface area contributed by atoms with Crippen molar-refractivity contribution in [3.63, 3.8) is 0 Å². The van der Waals surface area contributed by atoms with Crippen molar-refractivity contribution in [1.29, 1.82) is 0 Å². The summed E-state index contributed by atoms with van der Waals surface area (Å²) in [5, 5.41) is 7.86. The van der Waals surface area contributed by atoms with Gasteiger partial charge >= 0.3 is 11.7 Å². The molecule has 0 radical (unpaired) electrons. The summed E-state index contributed by atoms with van der Waals surface area (Å²) in [4.78, 5) is 36.5. The monoisotopic (exact) mass is 367 g/mol. The van der Waals surface area contributed by atoms with Gasteiger partial charge in [-0.05, 0) is 37.3 Å². The fourth-order valence-corrected chi connectivity index (χ4v) is 2.94. The van der Waals surface area contributed by atoms with E-state index in [1.807, 2.05) is 31.2 Å².